The minimum Gasteiger partial charge on any atom is -0.310 e. The van der Waals surface area contributed by atoms with E-state index in [4.69, 9.17) is 0 Å². The first-order chi connectivity index (χ1) is 25.6. The van der Waals surface area contributed by atoms with E-state index in [0.717, 1.165) is 5.69 Å². The number of hydrogen-bond acceptors (Lipinski definition) is 1. The highest BCUT2D eigenvalue weighted by Crippen LogP contribution is 2.51. The second kappa shape index (κ2) is 13.5. The van der Waals surface area contributed by atoms with Gasteiger partial charge in [-0.05, 0) is 116 Å². The molecule has 0 radical (unpaired) electrons. The Morgan fingerprint density at radius 2 is 0.885 bits per heavy atom. The van der Waals surface area contributed by atoms with Crippen LogP contribution in [0.15, 0.2) is 170 Å². The summed E-state index contributed by atoms with van der Waals surface area (Å²) in [5, 5.41) is 0. The second-order valence-corrected chi connectivity index (χ2v) is 15.2. The van der Waals surface area contributed by atoms with Crippen LogP contribution >= 0.6 is 0 Å². The van der Waals surface area contributed by atoms with Gasteiger partial charge in [-0.2, -0.15) is 0 Å². The normalized spacial score (nSPS) is 14.8. The zero-order chi connectivity index (χ0) is 35.1. The summed E-state index contributed by atoms with van der Waals surface area (Å²) in [6, 6.07) is 63.0. The molecule has 0 amide bonds. The third-order valence-electron chi connectivity index (χ3n) is 11.7. The number of rotatable bonds is 7. The summed E-state index contributed by atoms with van der Waals surface area (Å²) in [5.74, 6) is 0.682. The molecule has 1 fully saturated rings. The Kier molecular flexibility index (Phi) is 8.36. The van der Waals surface area contributed by atoms with Gasteiger partial charge in [-0.15, -0.1) is 0 Å². The zero-order valence-electron chi connectivity index (χ0n) is 30.2. The Balaban J connectivity index is 1.12. The van der Waals surface area contributed by atoms with E-state index in [1.807, 2.05) is 0 Å². The maximum absolute atomic E-state index is 2.45. The average molecular weight is 672 g/mol. The predicted octanol–water partition coefficient (Wildman–Crippen LogP) is 14.5. The fourth-order valence-corrected chi connectivity index (χ4v) is 8.96. The van der Waals surface area contributed by atoms with Crippen LogP contribution in [0.4, 0.5) is 17.1 Å². The summed E-state index contributed by atoms with van der Waals surface area (Å²) in [6.45, 7) is 4.74. The van der Waals surface area contributed by atoms with Gasteiger partial charge in [0.25, 0.3) is 0 Å². The third kappa shape index (κ3) is 5.75. The molecule has 0 spiro atoms. The highest BCUT2D eigenvalue weighted by atomic mass is 15.1. The maximum Gasteiger partial charge on any atom is 0.0465 e. The standard InChI is InChI=1S/C51H45N/c1-51(2)49-24-14-13-23-47(49)48-34-33-42(35-50(48)51)52(40-29-25-37(26-30-40)36-15-5-3-6-16-36)41-31-27-39(28-32-41)44-20-10-12-22-46(44)45-21-11-9-19-43(45)38-17-7-4-8-18-38/h4,7-14,17-36H,3,5-6,15-16H2,1-2H3. The highest BCUT2D eigenvalue weighted by Gasteiger charge is 2.35. The lowest BCUT2D eigenvalue weighted by atomic mass is 9.82. The molecule has 0 unspecified atom stereocenters. The number of anilines is 3. The number of benzene rings is 7. The lowest BCUT2D eigenvalue weighted by Gasteiger charge is -2.29. The van der Waals surface area contributed by atoms with E-state index in [9.17, 15) is 0 Å². The first-order valence-corrected chi connectivity index (χ1v) is 19.0. The van der Waals surface area contributed by atoms with Crippen molar-refractivity contribution in [2.75, 3.05) is 4.90 Å². The van der Waals surface area contributed by atoms with Crippen molar-refractivity contribution in [1.29, 1.82) is 0 Å². The van der Waals surface area contributed by atoms with Crippen LogP contribution in [0, 0.1) is 0 Å². The van der Waals surface area contributed by atoms with Crippen LogP contribution in [-0.2, 0) is 5.41 Å². The quantitative estimate of drug-likeness (QED) is 0.163. The average Bonchev–Trinajstić information content (AvgIpc) is 3.44. The molecule has 9 rings (SSSR count). The predicted molar refractivity (Wildman–Crippen MR) is 221 cm³/mol. The van der Waals surface area contributed by atoms with Gasteiger partial charge in [-0.3, -0.25) is 0 Å². The zero-order valence-corrected chi connectivity index (χ0v) is 30.2. The van der Waals surface area contributed by atoms with E-state index in [2.05, 4.69) is 189 Å². The molecule has 0 heterocycles. The summed E-state index contributed by atoms with van der Waals surface area (Å²) >= 11 is 0. The molecule has 0 aliphatic heterocycles. The maximum atomic E-state index is 2.45. The van der Waals surface area contributed by atoms with Crippen molar-refractivity contribution in [3.8, 4) is 44.5 Å². The van der Waals surface area contributed by atoms with Crippen molar-refractivity contribution in [2.24, 2.45) is 0 Å². The van der Waals surface area contributed by atoms with Gasteiger partial charge in [-0.1, -0.05) is 167 Å². The Morgan fingerprint density at radius 1 is 0.404 bits per heavy atom. The number of hydrogen-bond donors (Lipinski definition) is 0. The van der Waals surface area contributed by atoms with Crippen LogP contribution in [0.3, 0.4) is 0 Å². The summed E-state index contributed by atoms with van der Waals surface area (Å²) in [7, 11) is 0. The number of fused-ring (bicyclic) bond motifs is 3. The largest absolute Gasteiger partial charge is 0.310 e. The van der Waals surface area contributed by atoms with Crippen molar-refractivity contribution < 1.29 is 0 Å². The van der Waals surface area contributed by atoms with Gasteiger partial charge >= 0.3 is 0 Å². The van der Waals surface area contributed by atoms with Crippen LogP contribution < -0.4 is 4.90 Å². The molecule has 7 aromatic rings. The lowest BCUT2D eigenvalue weighted by Crippen LogP contribution is -2.16. The van der Waals surface area contributed by atoms with Gasteiger partial charge in [-0.25, -0.2) is 0 Å². The molecule has 1 heteroatoms. The van der Waals surface area contributed by atoms with Gasteiger partial charge in [0, 0.05) is 22.5 Å². The fraction of sp³-hybridized carbons (Fsp3) is 0.176. The molecule has 0 saturated heterocycles. The van der Waals surface area contributed by atoms with E-state index < -0.39 is 0 Å². The second-order valence-electron chi connectivity index (χ2n) is 15.2. The molecule has 254 valence electrons. The highest BCUT2D eigenvalue weighted by molar-refractivity contribution is 5.92. The van der Waals surface area contributed by atoms with Crippen LogP contribution in [-0.4, -0.2) is 0 Å². The minimum atomic E-state index is -0.0674. The molecular weight excluding hydrogens is 627 g/mol. The lowest BCUT2D eigenvalue weighted by molar-refractivity contribution is 0.443. The van der Waals surface area contributed by atoms with Crippen molar-refractivity contribution in [1.82, 2.24) is 0 Å². The molecular formula is C51H45N. The molecule has 1 nitrogen and oxygen atoms in total. The van der Waals surface area contributed by atoms with E-state index in [0.29, 0.717) is 5.92 Å². The van der Waals surface area contributed by atoms with Crippen molar-refractivity contribution in [3.05, 3.63) is 187 Å². The summed E-state index contributed by atoms with van der Waals surface area (Å²) in [6.07, 6.45) is 6.68. The van der Waals surface area contributed by atoms with Crippen molar-refractivity contribution in [2.45, 2.75) is 57.3 Å². The van der Waals surface area contributed by atoms with Crippen LogP contribution in [0.5, 0.6) is 0 Å². The van der Waals surface area contributed by atoms with Gasteiger partial charge in [0.1, 0.15) is 0 Å². The molecule has 0 N–H and O–H groups in total. The van der Waals surface area contributed by atoms with E-state index >= 15 is 0 Å². The van der Waals surface area contributed by atoms with Crippen molar-refractivity contribution in [3.63, 3.8) is 0 Å². The fourth-order valence-electron chi connectivity index (χ4n) is 8.96. The molecule has 1 saturated carbocycles. The molecule has 52 heavy (non-hydrogen) atoms. The minimum absolute atomic E-state index is 0.0674. The van der Waals surface area contributed by atoms with Crippen LogP contribution in [0.1, 0.15) is 68.6 Å². The smallest absolute Gasteiger partial charge is 0.0465 e. The van der Waals surface area contributed by atoms with E-state index in [1.54, 1.807) is 0 Å². The molecule has 2 aliphatic carbocycles. The molecule has 0 bridgehead atoms. The molecule has 0 aromatic heterocycles. The summed E-state index contributed by atoms with van der Waals surface area (Å²) < 4.78 is 0. The summed E-state index contributed by atoms with van der Waals surface area (Å²) in [5.41, 5.74) is 17.9. The molecule has 0 atom stereocenters. The molecule has 7 aromatic carbocycles. The summed E-state index contributed by atoms with van der Waals surface area (Å²) in [4.78, 5) is 2.45. The van der Waals surface area contributed by atoms with E-state index in [-0.39, 0.29) is 5.41 Å². The van der Waals surface area contributed by atoms with Crippen LogP contribution in [0.25, 0.3) is 44.5 Å². The van der Waals surface area contributed by atoms with E-state index in [1.165, 1.54) is 105 Å². The first kappa shape index (κ1) is 32.3. The number of nitrogens with zero attached hydrogens (tertiary/aromatic N) is 1. The van der Waals surface area contributed by atoms with Gasteiger partial charge in [0.15, 0.2) is 0 Å². The van der Waals surface area contributed by atoms with Gasteiger partial charge in [0.05, 0.1) is 0 Å². The SMILES string of the molecule is CC1(C)c2ccccc2-c2ccc(N(c3ccc(-c4ccccc4-c4ccccc4-c4ccccc4)cc3)c3ccc(C4CCCCC4)cc3)cc21. The topological polar surface area (TPSA) is 3.24 Å². The molecule has 2 aliphatic rings. The monoisotopic (exact) mass is 671 g/mol. The Bertz CT molecular complexity index is 2340. The third-order valence-corrected chi connectivity index (χ3v) is 11.7. The van der Waals surface area contributed by atoms with Gasteiger partial charge in [0.2, 0.25) is 0 Å². The Morgan fingerprint density at radius 3 is 1.52 bits per heavy atom. The Hall–Kier alpha value is -5.66. The van der Waals surface area contributed by atoms with Gasteiger partial charge < -0.3 is 4.90 Å². The Labute approximate surface area is 309 Å². The van der Waals surface area contributed by atoms with Crippen molar-refractivity contribution >= 4 is 17.1 Å². The van der Waals surface area contributed by atoms with Crippen LogP contribution in [0.2, 0.25) is 0 Å². The first-order valence-electron chi connectivity index (χ1n) is 19.0.